The summed E-state index contributed by atoms with van der Waals surface area (Å²) in [6, 6.07) is 4.60. The molecular weight excluding hydrogens is 465 g/mol. The first kappa shape index (κ1) is 23.1. The molecule has 166 valence electrons. The van der Waals surface area contributed by atoms with E-state index in [1.165, 1.54) is 26.2 Å². The summed E-state index contributed by atoms with van der Waals surface area (Å²) in [7, 11) is 1.23. The highest BCUT2D eigenvalue weighted by Crippen LogP contribution is 2.43. The molecule has 0 aliphatic rings. The van der Waals surface area contributed by atoms with Crippen LogP contribution in [0.4, 0.5) is 22.0 Å². The van der Waals surface area contributed by atoms with Gasteiger partial charge in [-0.15, -0.1) is 11.3 Å². The molecule has 2 heterocycles. The zero-order valence-electron chi connectivity index (χ0n) is 15.9. The number of fused-ring (bicyclic) bond motifs is 1. The fourth-order valence-corrected chi connectivity index (χ4v) is 4.98. The molecule has 0 aliphatic heterocycles. The van der Waals surface area contributed by atoms with Gasteiger partial charge < -0.3 is 9.84 Å². The average Bonchev–Trinajstić information content (AvgIpc) is 3.23. The SMILES string of the molecule is COc1cc2c(CC(=O)O)c(C)n(C(=O)c3ccc(SC(F)(F)C(F)F)s3)c2cc1F. The molecule has 0 saturated heterocycles. The molecule has 12 heteroatoms. The van der Waals surface area contributed by atoms with E-state index in [0.717, 1.165) is 16.7 Å². The number of thioether (sulfide) groups is 1. The van der Waals surface area contributed by atoms with Crippen LogP contribution in [0.5, 0.6) is 5.75 Å². The monoisotopic (exact) mass is 479 g/mol. The number of carbonyl (C=O) groups excluding carboxylic acids is 1. The highest BCUT2D eigenvalue weighted by Gasteiger charge is 2.42. The van der Waals surface area contributed by atoms with Crippen molar-refractivity contribution in [1.82, 2.24) is 4.57 Å². The Balaban J connectivity index is 2.10. The van der Waals surface area contributed by atoms with Crippen LogP contribution < -0.4 is 4.74 Å². The van der Waals surface area contributed by atoms with E-state index in [1.54, 1.807) is 0 Å². The number of carbonyl (C=O) groups is 2. The smallest absolute Gasteiger partial charge is 0.358 e. The lowest BCUT2D eigenvalue weighted by molar-refractivity contribution is -0.136. The number of halogens is 5. The van der Waals surface area contributed by atoms with Crippen LogP contribution in [0.2, 0.25) is 0 Å². The maximum Gasteiger partial charge on any atom is 0.358 e. The van der Waals surface area contributed by atoms with E-state index in [0.29, 0.717) is 11.3 Å². The number of alkyl halides is 4. The summed E-state index contributed by atoms with van der Waals surface area (Å²) in [6.07, 6.45) is -4.34. The molecule has 0 bridgehead atoms. The molecule has 3 rings (SSSR count). The maximum absolute atomic E-state index is 14.3. The molecule has 31 heavy (non-hydrogen) atoms. The minimum atomic E-state index is -4.32. The van der Waals surface area contributed by atoms with E-state index < -0.39 is 35.8 Å². The van der Waals surface area contributed by atoms with Crippen molar-refractivity contribution < 1.29 is 41.4 Å². The summed E-state index contributed by atoms with van der Waals surface area (Å²) in [5.41, 5.74) is 0.540. The highest BCUT2D eigenvalue weighted by atomic mass is 32.2. The zero-order valence-corrected chi connectivity index (χ0v) is 17.6. The minimum Gasteiger partial charge on any atom is -0.494 e. The Morgan fingerprint density at radius 2 is 1.97 bits per heavy atom. The number of hydrogen-bond donors (Lipinski definition) is 1. The van der Waals surface area contributed by atoms with E-state index in [4.69, 9.17) is 4.74 Å². The highest BCUT2D eigenvalue weighted by molar-refractivity contribution is 8.02. The zero-order chi connectivity index (χ0) is 23.1. The Kier molecular flexibility index (Phi) is 6.33. The number of thiophene rings is 1. The number of carboxylic acids is 1. The van der Waals surface area contributed by atoms with Gasteiger partial charge in [0.25, 0.3) is 5.91 Å². The molecule has 2 aromatic heterocycles. The number of aromatic nitrogens is 1. The summed E-state index contributed by atoms with van der Waals surface area (Å²) in [5, 5.41) is 5.18. The van der Waals surface area contributed by atoms with Crippen molar-refractivity contribution in [1.29, 1.82) is 0 Å². The van der Waals surface area contributed by atoms with Crippen LogP contribution in [0.1, 0.15) is 20.9 Å². The van der Waals surface area contributed by atoms with Crippen molar-refractivity contribution in [3.63, 3.8) is 0 Å². The maximum atomic E-state index is 14.3. The molecular formula is C19H14F5NO4S2. The number of hydrogen-bond acceptors (Lipinski definition) is 5. The molecule has 1 N–H and O–H groups in total. The third-order valence-electron chi connectivity index (χ3n) is 4.42. The number of carboxylic acid groups (broad SMARTS) is 1. The second-order valence-electron chi connectivity index (χ2n) is 6.36. The predicted octanol–water partition coefficient (Wildman–Crippen LogP) is 5.42. The lowest BCUT2D eigenvalue weighted by Crippen LogP contribution is -2.21. The van der Waals surface area contributed by atoms with Crippen LogP contribution in [-0.4, -0.2) is 40.3 Å². The molecule has 3 aromatic rings. The van der Waals surface area contributed by atoms with E-state index in [2.05, 4.69) is 0 Å². The van der Waals surface area contributed by atoms with Gasteiger partial charge in [0, 0.05) is 17.1 Å². The van der Waals surface area contributed by atoms with Gasteiger partial charge in [0.05, 0.1) is 28.1 Å². The summed E-state index contributed by atoms with van der Waals surface area (Å²) < 4.78 is 71.6. The Morgan fingerprint density at radius 1 is 1.29 bits per heavy atom. The Labute approximate surface area is 180 Å². The predicted molar refractivity (Wildman–Crippen MR) is 105 cm³/mol. The molecule has 0 saturated carbocycles. The molecule has 0 unspecified atom stereocenters. The molecule has 0 fully saturated rings. The van der Waals surface area contributed by atoms with Crippen LogP contribution in [0.15, 0.2) is 28.5 Å². The molecule has 0 aliphatic carbocycles. The van der Waals surface area contributed by atoms with E-state index in [9.17, 15) is 36.6 Å². The Hall–Kier alpha value is -2.60. The fourth-order valence-electron chi connectivity index (χ4n) is 3.05. The van der Waals surface area contributed by atoms with Crippen molar-refractivity contribution in [3.05, 3.63) is 46.2 Å². The summed E-state index contributed by atoms with van der Waals surface area (Å²) in [4.78, 5) is 24.3. The van der Waals surface area contributed by atoms with Gasteiger partial charge in [-0.3, -0.25) is 14.2 Å². The van der Waals surface area contributed by atoms with Crippen molar-refractivity contribution >= 4 is 45.9 Å². The van der Waals surface area contributed by atoms with Crippen LogP contribution in [0, 0.1) is 12.7 Å². The van der Waals surface area contributed by atoms with Gasteiger partial charge in [-0.2, -0.15) is 8.78 Å². The molecule has 1 aromatic carbocycles. The minimum absolute atomic E-state index is 0.0642. The van der Waals surface area contributed by atoms with Crippen molar-refractivity contribution in [2.75, 3.05) is 7.11 Å². The topological polar surface area (TPSA) is 68.5 Å². The van der Waals surface area contributed by atoms with Crippen LogP contribution in [-0.2, 0) is 11.2 Å². The summed E-state index contributed by atoms with van der Waals surface area (Å²) >= 11 is 0.213. The third-order valence-corrected chi connectivity index (χ3v) is 6.58. The van der Waals surface area contributed by atoms with Gasteiger partial charge in [-0.05, 0) is 42.4 Å². The van der Waals surface area contributed by atoms with Gasteiger partial charge in [0.2, 0.25) is 0 Å². The quantitative estimate of drug-likeness (QED) is 0.362. The molecule has 0 radical (unpaired) electrons. The summed E-state index contributed by atoms with van der Waals surface area (Å²) in [6.45, 7) is 1.47. The van der Waals surface area contributed by atoms with Gasteiger partial charge >= 0.3 is 17.6 Å². The van der Waals surface area contributed by atoms with Gasteiger partial charge in [-0.1, -0.05) is 0 Å². The van der Waals surface area contributed by atoms with Crippen LogP contribution in [0.3, 0.4) is 0 Å². The Bertz CT molecular complexity index is 1170. The van der Waals surface area contributed by atoms with Gasteiger partial charge in [0.1, 0.15) is 0 Å². The number of methoxy groups -OCH3 is 1. The molecule has 0 atom stereocenters. The number of aliphatic carboxylic acids is 1. The average molecular weight is 479 g/mol. The standard InChI is InChI=1S/C19H14F5NO4S2/c1-8-9(6-15(26)27)10-5-13(29-2)11(20)7-12(10)25(8)17(28)14-3-4-16(30-14)31-19(23,24)18(21)22/h3-5,7,18H,6H2,1-2H3,(H,26,27). The number of ether oxygens (including phenoxy) is 1. The molecule has 0 amide bonds. The number of rotatable bonds is 7. The van der Waals surface area contributed by atoms with Crippen molar-refractivity contribution in [2.24, 2.45) is 0 Å². The number of benzene rings is 1. The third kappa shape index (κ3) is 4.40. The first-order valence-corrected chi connectivity index (χ1v) is 10.2. The lowest BCUT2D eigenvalue weighted by atomic mass is 10.1. The second kappa shape index (κ2) is 8.50. The first-order chi connectivity index (χ1) is 14.5. The van der Waals surface area contributed by atoms with Crippen molar-refractivity contribution in [3.8, 4) is 5.75 Å². The Morgan fingerprint density at radius 3 is 2.55 bits per heavy atom. The van der Waals surface area contributed by atoms with E-state index >= 15 is 0 Å². The lowest BCUT2D eigenvalue weighted by Gasteiger charge is -2.12. The summed E-state index contributed by atoms with van der Waals surface area (Å²) in [5.74, 6) is -2.85. The normalized spacial score (nSPS) is 12.0. The van der Waals surface area contributed by atoms with Crippen LogP contribution in [0.25, 0.3) is 10.9 Å². The van der Waals surface area contributed by atoms with Gasteiger partial charge in [0.15, 0.2) is 11.6 Å². The molecule has 0 spiro atoms. The van der Waals surface area contributed by atoms with E-state index in [-0.39, 0.29) is 48.8 Å². The van der Waals surface area contributed by atoms with E-state index in [1.807, 2.05) is 0 Å². The van der Waals surface area contributed by atoms with Gasteiger partial charge in [-0.25, -0.2) is 13.2 Å². The molecule has 5 nitrogen and oxygen atoms in total. The van der Waals surface area contributed by atoms with Crippen LogP contribution >= 0.6 is 23.1 Å². The number of nitrogens with zero attached hydrogens (tertiary/aromatic N) is 1. The first-order valence-electron chi connectivity index (χ1n) is 8.55. The largest absolute Gasteiger partial charge is 0.494 e. The second-order valence-corrected chi connectivity index (χ2v) is 8.89. The van der Waals surface area contributed by atoms with Crippen molar-refractivity contribution in [2.45, 2.75) is 29.2 Å². The fraction of sp³-hybridized carbons (Fsp3) is 0.263.